The van der Waals surface area contributed by atoms with Crippen molar-refractivity contribution in [3.63, 3.8) is 0 Å². The van der Waals surface area contributed by atoms with Crippen molar-refractivity contribution in [3.05, 3.63) is 48.0 Å². The minimum atomic E-state index is 0.517. The molecule has 104 valence electrons. The van der Waals surface area contributed by atoms with Crippen LogP contribution in [0.2, 0.25) is 0 Å². The highest BCUT2D eigenvalue weighted by atomic mass is 16.5. The van der Waals surface area contributed by atoms with Gasteiger partial charge in [-0.15, -0.1) is 0 Å². The van der Waals surface area contributed by atoms with E-state index in [0.717, 1.165) is 11.4 Å². The molecule has 0 aliphatic heterocycles. The molecule has 0 aliphatic carbocycles. The van der Waals surface area contributed by atoms with Crippen LogP contribution in [0.4, 0.5) is 5.69 Å². The molecule has 0 amide bonds. The predicted octanol–water partition coefficient (Wildman–Crippen LogP) is 3.39. The molecule has 0 fully saturated rings. The van der Waals surface area contributed by atoms with Crippen molar-refractivity contribution in [2.45, 2.75) is 13.8 Å². The Morgan fingerprint density at radius 2 is 1.75 bits per heavy atom. The maximum atomic E-state index is 5.46. The number of nitrogens with one attached hydrogen (secondary N) is 1. The maximum Gasteiger partial charge on any atom is 0.393 e. The van der Waals surface area contributed by atoms with Crippen molar-refractivity contribution < 1.29 is 9.39 Å². The molecule has 0 aliphatic rings. The van der Waals surface area contributed by atoms with Crippen LogP contribution in [-0.2, 0) is 4.65 Å². The third-order valence-corrected chi connectivity index (χ3v) is 3.13. The second kappa shape index (κ2) is 7.01. The average molecular weight is 269 g/mol. The van der Waals surface area contributed by atoms with Gasteiger partial charge in [-0.1, -0.05) is 18.2 Å². The zero-order valence-electron chi connectivity index (χ0n) is 12.3. The van der Waals surface area contributed by atoms with E-state index < -0.39 is 0 Å². The lowest BCUT2D eigenvalue weighted by Gasteiger charge is -2.10. The maximum absolute atomic E-state index is 5.46. The van der Waals surface area contributed by atoms with Gasteiger partial charge in [0.2, 0.25) is 0 Å². The Hall–Kier alpha value is -1.94. The van der Waals surface area contributed by atoms with Gasteiger partial charge in [0.25, 0.3) is 0 Å². The first-order chi connectivity index (χ1) is 9.74. The van der Waals surface area contributed by atoms with Gasteiger partial charge in [-0.25, -0.2) is 0 Å². The molecule has 0 saturated heterocycles. The Morgan fingerprint density at radius 1 is 1.05 bits per heavy atom. The second-order valence-electron chi connectivity index (χ2n) is 4.60. The Labute approximate surface area is 121 Å². The van der Waals surface area contributed by atoms with Crippen LogP contribution in [0.15, 0.2) is 42.5 Å². The molecule has 1 N–H and O–H groups in total. The molecule has 0 bridgehead atoms. The van der Waals surface area contributed by atoms with Crippen LogP contribution < -0.4 is 9.96 Å². The van der Waals surface area contributed by atoms with E-state index in [1.807, 2.05) is 19.1 Å². The third-order valence-electron chi connectivity index (χ3n) is 3.13. The fourth-order valence-corrected chi connectivity index (χ4v) is 2.10. The number of benzene rings is 2. The summed E-state index contributed by atoms with van der Waals surface area (Å²) in [4.78, 5) is 0. The molecule has 3 nitrogen and oxygen atoms in total. The lowest BCUT2D eigenvalue weighted by atomic mass is 10.0. The first kappa shape index (κ1) is 14.5. The Bertz CT molecular complexity index is 555. The standard InChI is InChI=1S/C16H20BNO2/c1-4-20-15-8-5-13(6-9-15)14-7-10-16(12(2)11-14)18-17-19-3/h5-11,17-18H,4H2,1-3H3. The highest BCUT2D eigenvalue weighted by Gasteiger charge is 2.03. The fourth-order valence-electron chi connectivity index (χ4n) is 2.10. The lowest BCUT2D eigenvalue weighted by Crippen LogP contribution is -2.09. The molecular formula is C16H20BNO2. The molecule has 0 aromatic heterocycles. The first-order valence-electron chi connectivity index (χ1n) is 6.81. The fraction of sp³-hybridized carbons (Fsp3) is 0.250. The topological polar surface area (TPSA) is 30.5 Å². The Balaban J connectivity index is 2.18. The van der Waals surface area contributed by atoms with Gasteiger partial charge in [0, 0.05) is 12.8 Å². The summed E-state index contributed by atoms with van der Waals surface area (Å²) in [5, 5.41) is 3.22. The van der Waals surface area contributed by atoms with E-state index in [1.165, 1.54) is 16.7 Å². The molecule has 20 heavy (non-hydrogen) atoms. The number of ether oxygens (including phenoxy) is 1. The monoisotopic (exact) mass is 269 g/mol. The minimum absolute atomic E-state index is 0.517. The zero-order chi connectivity index (χ0) is 14.4. The predicted molar refractivity (Wildman–Crippen MR) is 85.6 cm³/mol. The highest BCUT2D eigenvalue weighted by molar-refractivity contribution is 6.32. The summed E-state index contributed by atoms with van der Waals surface area (Å²) in [6.45, 7) is 4.78. The molecule has 0 atom stereocenters. The third kappa shape index (κ3) is 3.55. The van der Waals surface area contributed by atoms with Crippen molar-refractivity contribution in [2.24, 2.45) is 0 Å². The van der Waals surface area contributed by atoms with Crippen LogP contribution in [0.25, 0.3) is 11.1 Å². The smallest absolute Gasteiger partial charge is 0.393 e. The van der Waals surface area contributed by atoms with Gasteiger partial charge < -0.3 is 14.6 Å². The average Bonchev–Trinajstić information content (AvgIpc) is 2.47. The summed E-state index contributed by atoms with van der Waals surface area (Å²) in [5.74, 6) is 0.909. The molecule has 2 aromatic carbocycles. The van der Waals surface area contributed by atoms with E-state index >= 15 is 0 Å². The van der Waals surface area contributed by atoms with Gasteiger partial charge >= 0.3 is 7.62 Å². The summed E-state index contributed by atoms with van der Waals surface area (Å²) < 4.78 is 10.5. The SMILES string of the molecule is CCOc1ccc(-c2ccc(NBOC)c(C)c2)cc1. The van der Waals surface area contributed by atoms with Crippen molar-refractivity contribution >= 4 is 13.3 Å². The first-order valence-corrected chi connectivity index (χ1v) is 6.81. The molecular weight excluding hydrogens is 249 g/mol. The van der Waals surface area contributed by atoms with Gasteiger partial charge in [-0.05, 0) is 54.8 Å². The number of hydrogen-bond donors (Lipinski definition) is 1. The van der Waals surface area contributed by atoms with Crippen LogP contribution in [0, 0.1) is 6.92 Å². The molecule has 2 rings (SSSR count). The summed E-state index contributed by atoms with van der Waals surface area (Å²) in [6.07, 6.45) is 0. The second-order valence-corrected chi connectivity index (χ2v) is 4.60. The summed E-state index contributed by atoms with van der Waals surface area (Å²) in [7, 11) is 2.19. The number of rotatable bonds is 6. The largest absolute Gasteiger partial charge is 0.494 e. The van der Waals surface area contributed by atoms with Crippen molar-refractivity contribution in [1.82, 2.24) is 0 Å². The number of anilines is 1. The van der Waals surface area contributed by atoms with Gasteiger partial charge in [0.05, 0.1) is 6.61 Å². The summed E-state index contributed by atoms with van der Waals surface area (Å²) in [6, 6.07) is 14.6. The van der Waals surface area contributed by atoms with Crippen molar-refractivity contribution in [3.8, 4) is 16.9 Å². The molecule has 0 unspecified atom stereocenters. The quantitative estimate of drug-likeness (QED) is 0.815. The van der Waals surface area contributed by atoms with E-state index in [2.05, 4.69) is 42.5 Å². The van der Waals surface area contributed by atoms with Gasteiger partial charge in [0.1, 0.15) is 5.75 Å². The molecule has 4 heteroatoms. The molecule has 0 spiro atoms. The summed E-state index contributed by atoms with van der Waals surface area (Å²) >= 11 is 0. The number of hydrogen-bond acceptors (Lipinski definition) is 3. The normalized spacial score (nSPS) is 10.2. The molecule has 0 radical (unpaired) electrons. The van der Waals surface area contributed by atoms with Gasteiger partial charge in [-0.2, -0.15) is 0 Å². The molecule has 0 saturated carbocycles. The van der Waals surface area contributed by atoms with Crippen LogP contribution in [0.1, 0.15) is 12.5 Å². The Morgan fingerprint density at radius 3 is 2.35 bits per heavy atom. The van der Waals surface area contributed by atoms with E-state index in [-0.39, 0.29) is 0 Å². The van der Waals surface area contributed by atoms with E-state index in [1.54, 1.807) is 7.11 Å². The molecule has 2 aromatic rings. The van der Waals surface area contributed by atoms with Gasteiger partial charge in [-0.3, -0.25) is 0 Å². The summed E-state index contributed by atoms with van der Waals surface area (Å²) in [5.41, 5.74) is 4.69. The van der Waals surface area contributed by atoms with Crippen molar-refractivity contribution in [2.75, 3.05) is 18.9 Å². The van der Waals surface area contributed by atoms with Crippen LogP contribution >= 0.6 is 0 Å². The van der Waals surface area contributed by atoms with Crippen LogP contribution in [-0.4, -0.2) is 21.3 Å². The lowest BCUT2D eigenvalue weighted by molar-refractivity contribution is 0.340. The van der Waals surface area contributed by atoms with E-state index in [4.69, 9.17) is 9.39 Å². The molecule has 0 heterocycles. The van der Waals surface area contributed by atoms with E-state index in [0.29, 0.717) is 14.2 Å². The highest BCUT2D eigenvalue weighted by Crippen LogP contribution is 2.26. The van der Waals surface area contributed by atoms with Crippen LogP contribution in [0.5, 0.6) is 5.75 Å². The Kier molecular flexibility index (Phi) is 5.07. The zero-order valence-corrected chi connectivity index (χ0v) is 12.3. The van der Waals surface area contributed by atoms with Gasteiger partial charge in [0.15, 0.2) is 0 Å². The van der Waals surface area contributed by atoms with Crippen molar-refractivity contribution in [1.29, 1.82) is 0 Å². The minimum Gasteiger partial charge on any atom is -0.494 e. The van der Waals surface area contributed by atoms with E-state index in [9.17, 15) is 0 Å². The number of aryl methyl sites for hydroxylation is 1. The van der Waals surface area contributed by atoms with Crippen LogP contribution in [0.3, 0.4) is 0 Å².